The van der Waals surface area contributed by atoms with Crippen LogP contribution in [-0.2, 0) is 42.9 Å². The van der Waals surface area contributed by atoms with Gasteiger partial charge in [-0.3, -0.25) is 0 Å². The van der Waals surface area contributed by atoms with E-state index in [0.29, 0.717) is 0 Å². The summed E-state index contributed by atoms with van der Waals surface area (Å²) in [6.07, 6.45) is -3.02. The number of methoxy groups -OCH3 is 1. The van der Waals surface area contributed by atoms with Crippen molar-refractivity contribution in [1.29, 1.82) is 0 Å². The minimum atomic E-state index is -2.63. The molecule has 1 saturated carbocycles. The molecular weight excluding hydrogens is 576 g/mol. The Bertz CT molecular complexity index is 1390. The quantitative estimate of drug-likeness (QED) is 0.0803. The maximum atomic E-state index is 12.6. The fourth-order valence-electron chi connectivity index (χ4n) is 4.03. The van der Waals surface area contributed by atoms with Crippen molar-refractivity contribution in [3.05, 3.63) is 59.7 Å². The van der Waals surface area contributed by atoms with Gasteiger partial charge in [0, 0.05) is 25.0 Å². The van der Waals surface area contributed by atoms with Crippen molar-refractivity contribution >= 4 is 42.0 Å². The summed E-state index contributed by atoms with van der Waals surface area (Å²) < 4.78 is 19.6. The third-order valence-corrected chi connectivity index (χ3v) is 6.21. The van der Waals surface area contributed by atoms with Crippen molar-refractivity contribution < 1.29 is 73.6 Å². The summed E-state index contributed by atoms with van der Waals surface area (Å²) in [4.78, 5) is 61.3. The summed E-state index contributed by atoms with van der Waals surface area (Å²) in [6, 6.07) is 7.24. The minimum absolute atomic E-state index is 0.254. The molecule has 0 aromatic heterocycles. The summed E-state index contributed by atoms with van der Waals surface area (Å²) in [5.41, 5.74) is -2.12. The number of hydrogen-bond acceptors (Lipinski definition) is 14. The van der Waals surface area contributed by atoms with Crippen molar-refractivity contribution in [2.45, 2.75) is 36.8 Å². The van der Waals surface area contributed by atoms with Crippen molar-refractivity contribution in [1.82, 2.24) is 0 Å². The molecule has 6 N–H and O–H groups in total. The zero-order chi connectivity index (χ0) is 31.9. The van der Waals surface area contributed by atoms with Crippen LogP contribution in [0.15, 0.2) is 48.6 Å². The highest BCUT2D eigenvalue weighted by atomic mass is 16.6. The SMILES string of the molecule is COC(=O)C(=O)OC1(C(=O)O)C[C@@H](OC(=O)C=Cc2ccc(O)c(O)c2)C(O)[C@H](OC(=O)C=Cc2ccc(O)c(O)c2)C1. The van der Waals surface area contributed by atoms with E-state index >= 15 is 0 Å². The first kappa shape index (κ1) is 32.0. The summed E-state index contributed by atoms with van der Waals surface area (Å²) in [7, 11) is 0.844. The highest BCUT2D eigenvalue weighted by molar-refractivity contribution is 6.30. The number of ether oxygens (including phenoxy) is 4. The lowest BCUT2D eigenvalue weighted by atomic mass is 9.79. The molecule has 15 nitrogen and oxygen atoms in total. The smallest absolute Gasteiger partial charge is 0.418 e. The highest BCUT2D eigenvalue weighted by Gasteiger charge is 2.56. The molecule has 0 saturated heterocycles. The van der Waals surface area contributed by atoms with Crippen molar-refractivity contribution in [2.24, 2.45) is 0 Å². The molecule has 0 amide bonds. The Morgan fingerprint density at radius 2 is 1.19 bits per heavy atom. The number of carboxylic acid groups (broad SMARTS) is 1. The molecule has 3 rings (SSSR count). The molecule has 0 spiro atoms. The molecule has 0 aliphatic heterocycles. The van der Waals surface area contributed by atoms with Gasteiger partial charge in [-0.05, 0) is 47.5 Å². The molecule has 15 heteroatoms. The lowest BCUT2D eigenvalue weighted by Crippen LogP contribution is -2.60. The van der Waals surface area contributed by atoms with Crippen LogP contribution in [0.2, 0.25) is 0 Å². The fraction of sp³-hybridized carbons (Fsp3) is 0.250. The zero-order valence-corrected chi connectivity index (χ0v) is 22.3. The first-order valence-corrected chi connectivity index (χ1v) is 12.3. The van der Waals surface area contributed by atoms with E-state index in [1.807, 2.05) is 0 Å². The fourth-order valence-corrected chi connectivity index (χ4v) is 4.03. The second-order valence-corrected chi connectivity index (χ2v) is 9.19. The van der Waals surface area contributed by atoms with E-state index in [-0.39, 0.29) is 11.1 Å². The Labute approximate surface area is 242 Å². The number of aromatic hydroxyl groups is 4. The number of carbonyl (C=O) groups is 5. The summed E-state index contributed by atoms with van der Waals surface area (Å²) >= 11 is 0. The second-order valence-electron chi connectivity index (χ2n) is 9.19. The first-order valence-electron chi connectivity index (χ1n) is 12.3. The maximum Gasteiger partial charge on any atom is 0.418 e. The van der Waals surface area contributed by atoms with Gasteiger partial charge < -0.3 is 49.6 Å². The van der Waals surface area contributed by atoms with Crippen LogP contribution in [0.25, 0.3) is 12.2 Å². The van der Waals surface area contributed by atoms with Crippen molar-refractivity contribution in [3.63, 3.8) is 0 Å². The third kappa shape index (κ3) is 8.01. The maximum absolute atomic E-state index is 12.6. The molecule has 0 unspecified atom stereocenters. The third-order valence-electron chi connectivity index (χ3n) is 6.21. The molecule has 1 aliphatic carbocycles. The van der Waals surface area contributed by atoms with E-state index < -0.39 is 89.6 Å². The lowest BCUT2D eigenvalue weighted by Gasteiger charge is -2.42. The topological polar surface area (TPSA) is 244 Å². The van der Waals surface area contributed by atoms with Crippen LogP contribution >= 0.6 is 0 Å². The largest absolute Gasteiger partial charge is 0.504 e. The number of phenolic OH excluding ortho intramolecular Hbond substituents is 4. The van der Waals surface area contributed by atoms with Crippen LogP contribution in [-0.4, -0.2) is 91.5 Å². The second kappa shape index (κ2) is 13.4. The molecule has 0 bridgehead atoms. The van der Waals surface area contributed by atoms with Gasteiger partial charge in [0.1, 0.15) is 18.3 Å². The Morgan fingerprint density at radius 1 is 0.744 bits per heavy atom. The number of rotatable bonds is 8. The number of phenols is 4. The Kier molecular flexibility index (Phi) is 9.95. The number of benzene rings is 2. The van der Waals surface area contributed by atoms with E-state index in [2.05, 4.69) is 4.74 Å². The van der Waals surface area contributed by atoms with Crippen LogP contribution in [0.4, 0.5) is 0 Å². The van der Waals surface area contributed by atoms with Crippen LogP contribution < -0.4 is 0 Å². The normalized spacial score (nSPS) is 21.7. The highest BCUT2D eigenvalue weighted by Crippen LogP contribution is 2.37. The van der Waals surface area contributed by atoms with E-state index in [4.69, 9.17) is 14.2 Å². The van der Waals surface area contributed by atoms with Crippen LogP contribution in [0, 0.1) is 0 Å². The Morgan fingerprint density at radius 3 is 1.56 bits per heavy atom. The van der Waals surface area contributed by atoms with Gasteiger partial charge in [0.15, 0.2) is 23.0 Å². The number of esters is 4. The number of carboxylic acids is 1. The first-order chi connectivity index (χ1) is 20.2. The van der Waals surface area contributed by atoms with Gasteiger partial charge in [0.25, 0.3) is 0 Å². The molecule has 2 atom stereocenters. The number of carbonyl (C=O) groups excluding carboxylic acids is 4. The Balaban J connectivity index is 1.86. The molecule has 2 aromatic carbocycles. The molecule has 43 heavy (non-hydrogen) atoms. The average Bonchev–Trinajstić information content (AvgIpc) is 2.96. The van der Waals surface area contributed by atoms with Gasteiger partial charge in [-0.1, -0.05) is 12.1 Å². The van der Waals surface area contributed by atoms with Gasteiger partial charge in [0.05, 0.1) is 7.11 Å². The van der Waals surface area contributed by atoms with E-state index in [1.165, 1.54) is 24.3 Å². The van der Waals surface area contributed by atoms with E-state index in [9.17, 15) is 54.6 Å². The molecule has 0 radical (unpaired) electrons. The number of aliphatic hydroxyl groups is 1. The molecule has 2 aromatic rings. The molecular formula is C28H26O15. The molecule has 228 valence electrons. The predicted molar refractivity (Wildman–Crippen MR) is 141 cm³/mol. The zero-order valence-electron chi connectivity index (χ0n) is 22.3. The van der Waals surface area contributed by atoms with Crippen LogP contribution in [0.1, 0.15) is 24.0 Å². The van der Waals surface area contributed by atoms with Gasteiger partial charge in [-0.25, -0.2) is 24.0 Å². The van der Waals surface area contributed by atoms with Crippen LogP contribution in [0.5, 0.6) is 23.0 Å². The average molecular weight is 603 g/mol. The van der Waals surface area contributed by atoms with E-state index in [0.717, 1.165) is 43.5 Å². The standard InChI is InChI=1S/C28H26O15/c1-40-25(36)26(37)43-28(27(38)39)12-20(41-22(33)8-4-14-2-6-16(29)18(31)10-14)24(35)21(13-28)42-23(34)9-5-15-3-7-17(30)19(32)11-15/h2-11,20-21,24,29-32,35H,12-13H2,1H3,(H,38,39)/t20-,21-,24?,28?/m1/s1. The van der Waals surface area contributed by atoms with Gasteiger partial charge in [-0.15, -0.1) is 0 Å². The number of aliphatic carboxylic acids is 1. The number of hydrogen-bond donors (Lipinski definition) is 6. The monoisotopic (exact) mass is 602 g/mol. The number of aliphatic hydroxyl groups excluding tert-OH is 1. The van der Waals surface area contributed by atoms with Gasteiger partial charge in [0.2, 0.25) is 5.60 Å². The van der Waals surface area contributed by atoms with Crippen molar-refractivity contribution in [3.8, 4) is 23.0 Å². The molecule has 0 heterocycles. The van der Waals surface area contributed by atoms with Gasteiger partial charge >= 0.3 is 29.8 Å². The Hall–Kier alpha value is -5.57. The lowest BCUT2D eigenvalue weighted by molar-refractivity contribution is -0.215. The summed E-state index contributed by atoms with van der Waals surface area (Å²) in [6.45, 7) is 0. The summed E-state index contributed by atoms with van der Waals surface area (Å²) in [5, 5.41) is 58.9. The van der Waals surface area contributed by atoms with E-state index in [1.54, 1.807) is 0 Å². The predicted octanol–water partition coefficient (Wildman–Crippen LogP) is 0.753. The van der Waals surface area contributed by atoms with Gasteiger partial charge in [-0.2, -0.15) is 0 Å². The van der Waals surface area contributed by atoms with Crippen LogP contribution in [0.3, 0.4) is 0 Å². The summed E-state index contributed by atoms with van der Waals surface area (Å²) in [5.74, 6) is -9.10. The minimum Gasteiger partial charge on any atom is -0.504 e. The molecule has 1 aliphatic rings. The molecule has 1 fully saturated rings. The van der Waals surface area contributed by atoms with Crippen molar-refractivity contribution in [2.75, 3.05) is 7.11 Å².